The molecule has 0 aromatic carbocycles. The van der Waals surface area contributed by atoms with Crippen LogP contribution in [0, 0.1) is 0 Å². The third-order valence-electron chi connectivity index (χ3n) is 2.43. The van der Waals surface area contributed by atoms with Crippen LogP contribution in [0.3, 0.4) is 0 Å². The standard InChI is InChI=1S/C10H18N4O3S/c1-8(3-6-18(2)17)11-4-5-14-7-9(10(15)16)12-13-14/h7-8,11H,3-6H2,1-2H3,(H,15,16). The smallest absolute Gasteiger partial charge is 0.358 e. The Kier molecular flexibility index (Phi) is 5.93. The summed E-state index contributed by atoms with van der Waals surface area (Å²) in [5, 5.41) is 19.2. The van der Waals surface area contributed by atoms with Gasteiger partial charge in [-0.1, -0.05) is 5.21 Å². The first-order chi connectivity index (χ1) is 8.49. The van der Waals surface area contributed by atoms with Gasteiger partial charge >= 0.3 is 5.97 Å². The van der Waals surface area contributed by atoms with Crippen molar-refractivity contribution in [3.63, 3.8) is 0 Å². The number of carbonyl (C=O) groups is 1. The van der Waals surface area contributed by atoms with Crippen molar-refractivity contribution in [1.29, 1.82) is 0 Å². The van der Waals surface area contributed by atoms with Crippen LogP contribution >= 0.6 is 0 Å². The Balaban J connectivity index is 2.24. The molecule has 1 aromatic heterocycles. The van der Waals surface area contributed by atoms with Crippen LogP contribution in [-0.2, 0) is 17.3 Å². The molecular weight excluding hydrogens is 256 g/mol. The lowest BCUT2D eigenvalue weighted by molar-refractivity contribution is 0.0690. The Morgan fingerprint density at radius 3 is 2.94 bits per heavy atom. The summed E-state index contributed by atoms with van der Waals surface area (Å²) in [4.78, 5) is 10.6. The number of nitrogens with one attached hydrogen (secondary N) is 1. The number of carboxylic acids is 1. The molecular formula is C10H18N4O3S. The molecule has 0 amide bonds. The predicted molar refractivity (Wildman–Crippen MR) is 68.0 cm³/mol. The molecule has 0 saturated heterocycles. The molecule has 7 nitrogen and oxygen atoms in total. The molecule has 18 heavy (non-hydrogen) atoms. The fourth-order valence-electron chi connectivity index (χ4n) is 1.38. The molecule has 2 N–H and O–H groups in total. The number of hydrogen-bond donors (Lipinski definition) is 2. The second-order valence-corrected chi connectivity index (χ2v) is 5.65. The summed E-state index contributed by atoms with van der Waals surface area (Å²) in [6, 6.07) is 0.274. The van der Waals surface area contributed by atoms with Crippen molar-refractivity contribution in [2.24, 2.45) is 0 Å². The third-order valence-corrected chi connectivity index (χ3v) is 3.24. The molecule has 1 aromatic rings. The van der Waals surface area contributed by atoms with E-state index in [1.807, 2.05) is 6.92 Å². The van der Waals surface area contributed by atoms with E-state index in [4.69, 9.17) is 5.11 Å². The average Bonchev–Trinajstić information content (AvgIpc) is 2.75. The predicted octanol–water partition coefficient (Wildman–Crippen LogP) is -0.277. The number of aromatic nitrogens is 3. The van der Waals surface area contributed by atoms with Gasteiger partial charge in [0.05, 0.1) is 12.7 Å². The number of aromatic carboxylic acids is 1. The minimum atomic E-state index is -1.08. The maximum absolute atomic E-state index is 10.9. The van der Waals surface area contributed by atoms with Gasteiger partial charge < -0.3 is 10.4 Å². The normalized spacial score (nSPS) is 14.3. The lowest BCUT2D eigenvalue weighted by Crippen LogP contribution is -2.30. The Bertz CT molecular complexity index is 421. The van der Waals surface area contributed by atoms with Gasteiger partial charge in [0.1, 0.15) is 0 Å². The highest BCUT2D eigenvalue weighted by Crippen LogP contribution is 1.94. The van der Waals surface area contributed by atoms with E-state index in [9.17, 15) is 9.00 Å². The molecule has 2 unspecified atom stereocenters. The van der Waals surface area contributed by atoms with E-state index >= 15 is 0 Å². The largest absolute Gasteiger partial charge is 0.476 e. The lowest BCUT2D eigenvalue weighted by Gasteiger charge is -2.12. The molecule has 1 rings (SSSR count). The number of nitrogens with zero attached hydrogens (tertiary/aromatic N) is 3. The highest BCUT2D eigenvalue weighted by molar-refractivity contribution is 7.84. The van der Waals surface area contributed by atoms with Crippen LogP contribution in [0.1, 0.15) is 23.8 Å². The summed E-state index contributed by atoms with van der Waals surface area (Å²) in [5.41, 5.74) is -0.0515. The van der Waals surface area contributed by atoms with Gasteiger partial charge in [-0.25, -0.2) is 4.79 Å². The zero-order valence-electron chi connectivity index (χ0n) is 10.5. The van der Waals surface area contributed by atoms with Crippen molar-refractivity contribution >= 4 is 16.8 Å². The first-order valence-electron chi connectivity index (χ1n) is 5.66. The van der Waals surface area contributed by atoms with E-state index in [2.05, 4.69) is 15.6 Å². The third kappa shape index (κ3) is 5.37. The van der Waals surface area contributed by atoms with Crippen molar-refractivity contribution in [3.05, 3.63) is 11.9 Å². The van der Waals surface area contributed by atoms with Gasteiger partial charge in [0.15, 0.2) is 5.69 Å². The fraction of sp³-hybridized carbons (Fsp3) is 0.700. The molecule has 0 aliphatic heterocycles. The zero-order chi connectivity index (χ0) is 13.5. The molecule has 8 heteroatoms. The van der Waals surface area contributed by atoms with Crippen LogP contribution in [0.4, 0.5) is 0 Å². The second kappa shape index (κ2) is 7.22. The van der Waals surface area contributed by atoms with E-state index in [1.165, 1.54) is 10.9 Å². The van der Waals surface area contributed by atoms with Crippen molar-refractivity contribution in [2.45, 2.75) is 25.9 Å². The molecule has 0 spiro atoms. The molecule has 1 heterocycles. The second-order valence-electron chi connectivity index (χ2n) is 4.09. The van der Waals surface area contributed by atoms with Crippen molar-refractivity contribution in [2.75, 3.05) is 18.6 Å². The molecule has 0 saturated carbocycles. The van der Waals surface area contributed by atoms with Gasteiger partial charge in [0, 0.05) is 35.4 Å². The van der Waals surface area contributed by atoms with Gasteiger partial charge in [-0.15, -0.1) is 5.10 Å². The summed E-state index contributed by atoms with van der Waals surface area (Å²) in [6.45, 7) is 3.25. The number of carboxylic acid groups (broad SMARTS) is 1. The van der Waals surface area contributed by atoms with Crippen molar-refractivity contribution < 1.29 is 14.1 Å². The van der Waals surface area contributed by atoms with E-state index < -0.39 is 16.8 Å². The van der Waals surface area contributed by atoms with E-state index in [0.717, 1.165) is 6.42 Å². The van der Waals surface area contributed by atoms with Crippen LogP contribution in [-0.4, -0.2) is 54.9 Å². The van der Waals surface area contributed by atoms with E-state index in [0.29, 0.717) is 18.8 Å². The van der Waals surface area contributed by atoms with Gasteiger partial charge in [0.2, 0.25) is 0 Å². The fourth-order valence-corrected chi connectivity index (χ4v) is 2.06. The molecule has 0 bridgehead atoms. The molecule has 0 radical (unpaired) electrons. The SMILES string of the molecule is CC(CCS(C)=O)NCCn1cc(C(=O)O)nn1. The Morgan fingerprint density at radius 1 is 1.67 bits per heavy atom. The van der Waals surface area contributed by atoms with E-state index in [1.54, 1.807) is 6.26 Å². The van der Waals surface area contributed by atoms with Gasteiger partial charge in [0.25, 0.3) is 0 Å². The topological polar surface area (TPSA) is 97.1 Å². The highest BCUT2D eigenvalue weighted by atomic mass is 32.2. The molecule has 0 aliphatic carbocycles. The van der Waals surface area contributed by atoms with Crippen LogP contribution in [0.5, 0.6) is 0 Å². The summed E-state index contributed by atoms with van der Waals surface area (Å²) in [6.07, 6.45) is 3.94. The Hall–Kier alpha value is -1.28. The number of hydrogen-bond acceptors (Lipinski definition) is 5. The Morgan fingerprint density at radius 2 is 2.39 bits per heavy atom. The quantitative estimate of drug-likeness (QED) is 0.677. The molecule has 0 aliphatic rings. The van der Waals surface area contributed by atoms with Crippen LogP contribution in [0.25, 0.3) is 0 Å². The van der Waals surface area contributed by atoms with Gasteiger partial charge in [-0.2, -0.15) is 0 Å². The van der Waals surface area contributed by atoms with Gasteiger partial charge in [-0.3, -0.25) is 8.89 Å². The highest BCUT2D eigenvalue weighted by Gasteiger charge is 2.08. The summed E-state index contributed by atoms with van der Waals surface area (Å²) in [5.74, 6) is -0.395. The first-order valence-corrected chi connectivity index (χ1v) is 7.38. The maximum atomic E-state index is 10.9. The van der Waals surface area contributed by atoms with Crippen LogP contribution in [0.2, 0.25) is 0 Å². The molecule has 2 atom stereocenters. The Labute approximate surface area is 108 Å². The first kappa shape index (κ1) is 14.8. The van der Waals surface area contributed by atoms with Crippen molar-refractivity contribution in [1.82, 2.24) is 20.3 Å². The summed E-state index contributed by atoms with van der Waals surface area (Å²) in [7, 11) is -0.762. The summed E-state index contributed by atoms with van der Waals surface area (Å²) < 4.78 is 12.4. The molecule has 0 fully saturated rings. The minimum Gasteiger partial charge on any atom is -0.476 e. The lowest BCUT2D eigenvalue weighted by atomic mass is 10.2. The van der Waals surface area contributed by atoms with Crippen LogP contribution < -0.4 is 5.32 Å². The van der Waals surface area contributed by atoms with Crippen molar-refractivity contribution in [3.8, 4) is 0 Å². The monoisotopic (exact) mass is 274 g/mol. The average molecular weight is 274 g/mol. The zero-order valence-corrected chi connectivity index (χ0v) is 11.3. The summed E-state index contributed by atoms with van der Waals surface area (Å²) >= 11 is 0. The number of rotatable bonds is 8. The minimum absolute atomic E-state index is 0.0515. The molecule has 102 valence electrons. The van der Waals surface area contributed by atoms with Gasteiger partial charge in [-0.05, 0) is 13.3 Å². The van der Waals surface area contributed by atoms with E-state index in [-0.39, 0.29) is 11.7 Å². The van der Waals surface area contributed by atoms with Crippen LogP contribution in [0.15, 0.2) is 6.20 Å². The maximum Gasteiger partial charge on any atom is 0.358 e.